The Balaban J connectivity index is 1.68. The van der Waals surface area contributed by atoms with Gasteiger partial charge in [-0.1, -0.05) is 71.2 Å². The maximum atomic E-state index is 6.19. The first-order valence-corrected chi connectivity index (χ1v) is 9.80. The number of hydrogen-bond acceptors (Lipinski definition) is 2. The van der Waals surface area contributed by atoms with Crippen LogP contribution in [0.4, 0.5) is 0 Å². The molecule has 0 spiro atoms. The number of rotatable bonds is 7. The largest absolute Gasteiger partial charge is 0.489 e. The zero-order chi connectivity index (χ0) is 19.2. The van der Waals surface area contributed by atoms with Crippen molar-refractivity contribution in [2.45, 2.75) is 26.1 Å². The first kappa shape index (κ1) is 20.0. The van der Waals surface area contributed by atoms with Crippen molar-refractivity contribution in [2.75, 3.05) is 0 Å². The van der Waals surface area contributed by atoms with Crippen molar-refractivity contribution in [3.63, 3.8) is 0 Å². The number of benzene rings is 3. The van der Waals surface area contributed by atoms with E-state index in [1.165, 1.54) is 5.56 Å². The lowest BCUT2D eigenvalue weighted by atomic mass is 10.1. The van der Waals surface area contributed by atoms with Gasteiger partial charge in [0.2, 0.25) is 0 Å². The first-order valence-electron chi connectivity index (χ1n) is 8.66. The quantitative estimate of drug-likeness (QED) is 0.441. The Kier molecular flexibility index (Phi) is 7.03. The molecule has 0 aliphatic carbocycles. The van der Waals surface area contributed by atoms with E-state index in [4.69, 9.17) is 39.5 Å². The standard InChI is InChI=1S/C22H20Cl3NO/c1-15(17-5-3-2-4-6-17)26-13-18-12-19(23)8-10-22(18)27-14-16-7-9-20(24)21(25)11-16/h2-12,15,26H,13-14H2,1H3/t15-/m0/s1. The van der Waals surface area contributed by atoms with Gasteiger partial charge >= 0.3 is 0 Å². The van der Waals surface area contributed by atoms with E-state index < -0.39 is 0 Å². The van der Waals surface area contributed by atoms with Crippen LogP contribution in [0.3, 0.4) is 0 Å². The summed E-state index contributed by atoms with van der Waals surface area (Å²) in [6.45, 7) is 3.18. The Morgan fingerprint density at radius 3 is 2.41 bits per heavy atom. The Labute approximate surface area is 175 Å². The molecule has 3 aromatic carbocycles. The molecule has 3 aromatic rings. The van der Waals surface area contributed by atoms with Gasteiger partial charge in [0.05, 0.1) is 10.0 Å². The Morgan fingerprint density at radius 2 is 1.67 bits per heavy atom. The molecule has 0 aromatic heterocycles. The Hall–Kier alpha value is -1.71. The molecule has 0 aliphatic heterocycles. The maximum absolute atomic E-state index is 6.19. The lowest BCUT2D eigenvalue weighted by Crippen LogP contribution is -2.18. The maximum Gasteiger partial charge on any atom is 0.124 e. The molecule has 0 heterocycles. The van der Waals surface area contributed by atoms with E-state index in [2.05, 4.69) is 24.4 Å². The summed E-state index contributed by atoms with van der Waals surface area (Å²) in [6, 6.07) is 21.7. The van der Waals surface area contributed by atoms with Crippen LogP contribution < -0.4 is 10.1 Å². The highest BCUT2D eigenvalue weighted by atomic mass is 35.5. The van der Waals surface area contributed by atoms with Crippen LogP contribution >= 0.6 is 34.8 Å². The highest BCUT2D eigenvalue weighted by Gasteiger charge is 2.09. The second-order valence-corrected chi connectivity index (χ2v) is 7.55. The van der Waals surface area contributed by atoms with Crippen molar-refractivity contribution in [3.05, 3.63) is 98.5 Å². The molecular weight excluding hydrogens is 401 g/mol. The van der Waals surface area contributed by atoms with E-state index >= 15 is 0 Å². The summed E-state index contributed by atoms with van der Waals surface area (Å²) in [5, 5.41) is 5.26. The van der Waals surface area contributed by atoms with Crippen molar-refractivity contribution in [2.24, 2.45) is 0 Å². The van der Waals surface area contributed by atoms with Crippen LogP contribution in [0.1, 0.15) is 29.7 Å². The highest BCUT2D eigenvalue weighted by Crippen LogP contribution is 2.27. The van der Waals surface area contributed by atoms with Crippen molar-refractivity contribution in [1.82, 2.24) is 5.32 Å². The van der Waals surface area contributed by atoms with E-state index in [0.717, 1.165) is 16.9 Å². The number of halogens is 3. The smallest absolute Gasteiger partial charge is 0.124 e. The normalized spacial score (nSPS) is 12.0. The molecule has 0 aliphatic rings. The van der Waals surface area contributed by atoms with Crippen LogP contribution in [0.2, 0.25) is 15.1 Å². The Bertz CT molecular complexity index is 899. The van der Waals surface area contributed by atoms with Crippen LogP contribution in [-0.2, 0) is 13.2 Å². The van der Waals surface area contributed by atoms with Gasteiger partial charge in [-0.25, -0.2) is 0 Å². The molecule has 0 fully saturated rings. The van der Waals surface area contributed by atoms with Gasteiger partial charge in [0, 0.05) is 23.2 Å². The minimum absolute atomic E-state index is 0.216. The third-order valence-electron chi connectivity index (χ3n) is 4.30. The number of hydrogen-bond donors (Lipinski definition) is 1. The molecule has 140 valence electrons. The average molecular weight is 421 g/mol. The van der Waals surface area contributed by atoms with Gasteiger partial charge in [-0.2, -0.15) is 0 Å². The summed E-state index contributed by atoms with van der Waals surface area (Å²) in [7, 11) is 0. The first-order chi connectivity index (χ1) is 13.0. The lowest BCUT2D eigenvalue weighted by Gasteiger charge is -2.17. The van der Waals surface area contributed by atoms with Crippen molar-refractivity contribution in [1.29, 1.82) is 0 Å². The van der Waals surface area contributed by atoms with Gasteiger partial charge in [0.15, 0.2) is 0 Å². The zero-order valence-corrected chi connectivity index (χ0v) is 17.2. The molecule has 1 atom stereocenters. The molecule has 27 heavy (non-hydrogen) atoms. The van der Waals surface area contributed by atoms with Gasteiger partial charge in [-0.3, -0.25) is 0 Å². The van der Waals surface area contributed by atoms with Gasteiger partial charge in [0.1, 0.15) is 12.4 Å². The molecule has 0 radical (unpaired) electrons. The van der Waals surface area contributed by atoms with E-state index in [-0.39, 0.29) is 6.04 Å². The zero-order valence-electron chi connectivity index (χ0n) is 14.9. The third-order valence-corrected chi connectivity index (χ3v) is 5.27. The summed E-state index contributed by atoms with van der Waals surface area (Å²) in [4.78, 5) is 0. The van der Waals surface area contributed by atoms with Crippen LogP contribution in [0, 0.1) is 0 Å². The predicted octanol–water partition coefficient (Wildman–Crippen LogP) is 7.08. The van der Waals surface area contributed by atoms with Crippen molar-refractivity contribution < 1.29 is 4.74 Å². The number of nitrogens with one attached hydrogen (secondary N) is 1. The molecule has 0 bridgehead atoms. The summed E-state index contributed by atoms with van der Waals surface area (Å²) >= 11 is 18.2. The molecule has 0 amide bonds. The fourth-order valence-electron chi connectivity index (χ4n) is 2.74. The molecular formula is C22H20Cl3NO. The molecule has 2 nitrogen and oxygen atoms in total. The van der Waals surface area contributed by atoms with Gasteiger partial charge in [0.25, 0.3) is 0 Å². The summed E-state index contributed by atoms with van der Waals surface area (Å²) in [5.41, 5.74) is 3.19. The van der Waals surface area contributed by atoms with E-state index in [1.54, 1.807) is 6.07 Å². The molecule has 1 N–H and O–H groups in total. The highest BCUT2D eigenvalue weighted by molar-refractivity contribution is 6.42. The average Bonchev–Trinajstić information content (AvgIpc) is 2.68. The van der Waals surface area contributed by atoms with E-state index in [9.17, 15) is 0 Å². The number of ether oxygens (including phenoxy) is 1. The SMILES string of the molecule is C[C@H](NCc1cc(Cl)ccc1OCc1ccc(Cl)c(Cl)c1)c1ccccc1. The monoisotopic (exact) mass is 419 g/mol. The fourth-order valence-corrected chi connectivity index (χ4v) is 3.26. The third kappa shape index (κ3) is 5.63. The Morgan fingerprint density at radius 1 is 0.889 bits per heavy atom. The molecule has 3 rings (SSSR count). The van der Waals surface area contributed by atoms with Gasteiger partial charge < -0.3 is 10.1 Å². The second-order valence-electron chi connectivity index (χ2n) is 6.30. The van der Waals surface area contributed by atoms with Crippen LogP contribution in [-0.4, -0.2) is 0 Å². The fraction of sp³-hybridized carbons (Fsp3) is 0.182. The molecule has 0 saturated carbocycles. The second kappa shape index (κ2) is 9.48. The lowest BCUT2D eigenvalue weighted by molar-refractivity contribution is 0.301. The van der Waals surface area contributed by atoms with Crippen LogP contribution in [0.25, 0.3) is 0 Å². The van der Waals surface area contributed by atoms with E-state index in [0.29, 0.717) is 28.2 Å². The topological polar surface area (TPSA) is 21.3 Å². The molecule has 5 heteroatoms. The van der Waals surface area contributed by atoms with Crippen molar-refractivity contribution in [3.8, 4) is 5.75 Å². The molecule has 0 unspecified atom stereocenters. The van der Waals surface area contributed by atoms with Crippen molar-refractivity contribution >= 4 is 34.8 Å². The summed E-state index contributed by atoms with van der Waals surface area (Å²) in [5.74, 6) is 0.790. The summed E-state index contributed by atoms with van der Waals surface area (Å²) < 4.78 is 6.01. The molecule has 0 saturated heterocycles. The van der Waals surface area contributed by atoms with E-state index in [1.807, 2.05) is 48.5 Å². The van der Waals surface area contributed by atoms with Gasteiger partial charge in [-0.15, -0.1) is 0 Å². The predicted molar refractivity (Wildman–Crippen MR) is 114 cm³/mol. The summed E-state index contributed by atoms with van der Waals surface area (Å²) in [6.07, 6.45) is 0. The van der Waals surface area contributed by atoms with Crippen LogP contribution in [0.15, 0.2) is 66.7 Å². The minimum Gasteiger partial charge on any atom is -0.489 e. The minimum atomic E-state index is 0.216. The van der Waals surface area contributed by atoms with Gasteiger partial charge in [-0.05, 0) is 48.4 Å². The van der Waals surface area contributed by atoms with Crippen LogP contribution in [0.5, 0.6) is 5.75 Å².